The van der Waals surface area contributed by atoms with Gasteiger partial charge in [0.15, 0.2) is 0 Å². The highest BCUT2D eigenvalue weighted by atomic mass is 16.5. The number of methoxy groups -OCH3 is 1. The number of anilines is 1. The molecule has 0 saturated heterocycles. The van der Waals surface area contributed by atoms with E-state index in [-0.39, 0.29) is 0 Å². The topological polar surface area (TPSA) is 60.2 Å². The fourth-order valence-corrected chi connectivity index (χ4v) is 0.788. The van der Waals surface area contributed by atoms with Crippen LogP contribution in [-0.4, -0.2) is 12.1 Å². The molecule has 0 amide bonds. The number of nitrogens with two attached hydrogens (primary N) is 1. The quantitative estimate of drug-likeness (QED) is 0.490. The number of nitrogens with zero attached hydrogens (tertiary/aromatic N) is 1. The minimum Gasteiger partial charge on any atom is -0.378 e. The van der Waals surface area contributed by atoms with E-state index >= 15 is 0 Å². The average Bonchev–Trinajstić information content (AvgIpc) is 2.06. The third-order valence-electron chi connectivity index (χ3n) is 1.25. The predicted molar refractivity (Wildman–Crippen MR) is 42.8 cm³/mol. The van der Waals surface area contributed by atoms with Crippen molar-refractivity contribution in [1.82, 2.24) is 4.98 Å². The summed E-state index contributed by atoms with van der Waals surface area (Å²) in [4.78, 5) is 4.12. The van der Waals surface area contributed by atoms with E-state index in [0.29, 0.717) is 12.4 Å². The fourth-order valence-electron chi connectivity index (χ4n) is 0.788. The van der Waals surface area contributed by atoms with Crippen molar-refractivity contribution in [2.24, 2.45) is 5.84 Å². The van der Waals surface area contributed by atoms with Gasteiger partial charge in [0.25, 0.3) is 0 Å². The molecular formula is C7H11N3O. The van der Waals surface area contributed by atoms with Crippen molar-refractivity contribution >= 4 is 5.82 Å². The number of hydrogen-bond acceptors (Lipinski definition) is 4. The Kier molecular flexibility index (Phi) is 2.83. The van der Waals surface area contributed by atoms with Gasteiger partial charge in [0.1, 0.15) is 5.82 Å². The molecule has 0 aliphatic carbocycles. The summed E-state index contributed by atoms with van der Waals surface area (Å²) in [5, 5.41) is 0. The average molecular weight is 153 g/mol. The van der Waals surface area contributed by atoms with Crippen LogP contribution < -0.4 is 11.3 Å². The van der Waals surface area contributed by atoms with Crippen LogP contribution in [0.3, 0.4) is 0 Å². The maximum absolute atomic E-state index is 5.16. The van der Waals surface area contributed by atoms with Gasteiger partial charge in [0.2, 0.25) is 0 Å². The Morgan fingerprint density at radius 3 is 3.09 bits per heavy atom. The molecule has 1 aromatic heterocycles. The maximum atomic E-state index is 5.16. The van der Waals surface area contributed by atoms with Gasteiger partial charge in [-0.25, -0.2) is 10.8 Å². The van der Waals surface area contributed by atoms with Crippen LogP contribution in [0, 0.1) is 0 Å². The van der Waals surface area contributed by atoms with Crippen LogP contribution in [0.2, 0.25) is 0 Å². The first-order valence-corrected chi connectivity index (χ1v) is 3.28. The monoisotopic (exact) mass is 153 g/mol. The molecule has 0 saturated carbocycles. The van der Waals surface area contributed by atoms with Crippen LogP contribution in [0.1, 0.15) is 5.69 Å². The molecule has 0 atom stereocenters. The van der Waals surface area contributed by atoms with Crippen LogP contribution in [0.25, 0.3) is 0 Å². The lowest BCUT2D eigenvalue weighted by atomic mass is 10.3. The molecule has 11 heavy (non-hydrogen) atoms. The molecule has 0 aromatic carbocycles. The summed E-state index contributed by atoms with van der Waals surface area (Å²) < 4.78 is 4.90. The summed E-state index contributed by atoms with van der Waals surface area (Å²) in [6.07, 6.45) is 0. The Labute approximate surface area is 65.4 Å². The molecule has 0 spiro atoms. The zero-order chi connectivity index (χ0) is 8.10. The minimum atomic E-state index is 0.509. The zero-order valence-electron chi connectivity index (χ0n) is 6.37. The molecule has 0 radical (unpaired) electrons. The molecular weight excluding hydrogens is 142 g/mol. The Morgan fingerprint density at radius 2 is 2.45 bits per heavy atom. The molecule has 1 aromatic rings. The lowest BCUT2D eigenvalue weighted by Crippen LogP contribution is -2.09. The second-order valence-corrected chi connectivity index (χ2v) is 2.09. The van der Waals surface area contributed by atoms with Gasteiger partial charge in [-0.05, 0) is 12.1 Å². The van der Waals surface area contributed by atoms with Crippen molar-refractivity contribution in [3.8, 4) is 0 Å². The third kappa shape index (κ3) is 2.18. The van der Waals surface area contributed by atoms with Crippen LogP contribution >= 0.6 is 0 Å². The molecule has 1 rings (SSSR count). The summed E-state index contributed by atoms with van der Waals surface area (Å²) >= 11 is 0. The number of nitrogens with one attached hydrogen (secondary N) is 1. The first kappa shape index (κ1) is 7.97. The van der Waals surface area contributed by atoms with Crippen LogP contribution in [-0.2, 0) is 11.3 Å². The second kappa shape index (κ2) is 3.90. The van der Waals surface area contributed by atoms with Crippen LogP contribution in [0.5, 0.6) is 0 Å². The highest BCUT2D eigenvalue weighted by Crippen LogP contribution is 2.03. The van der Waals surface area contributed by atoms with Gasteiger partial charge < -0.3 is 10.2 Å². The zero-order valence-corrected chi connectivity index (χ0v) is 6.37. The Hall–Kier alpha value is -1.13. The summed E-state index contributed by atoms with van der Waals surface area (Å²) in [5.74, 6) is 5.81. The summed E-state index contributed by atoms with van der Waals surface area (Å²) in [6, 6.07) is 5.54. The minimum absolute atomic E-state index is 0.509. The van der Waals surface area contributed by atoms with E-state index in [1.807, 2.05) is 12.1 Å². The second-order valence-electron chi connectivity index (χ2n) is 2.09. The van der Waals surface area contributed by atoms with Crippen molar-refractivity contribution in [2.45, 2.75) is 6.61 Å². The molecule has 0 aliphatic rings. The van der Waals surface area contributed by atoms with Gasteiger partial charge in [-0.1, -0.05) is 6.07 Å². The molecule has 0 fully saturated rings. The molecule has 1 heterocycles. The molecule has 0 aliphatic heterocycles. The first-order valence-electron chi connectivity index (χ1n) is 3.28. The van der Waals surface area contributed by atoms with E-state index in [2.05, 4.69) is 10.4 Å². The highest BCUT2D eigenvalue weighted by molar-refractivity contribution is 5.33. The van der Waals surface area contributed by atoms with Crippen LogP contribution in [0.4, 0.5) is 5.82 Å². The van der Waals surface area contributed by atoms with Gasteiger partial charge in [-0.15, -0.1) is 0 Å². The lowest BCUT2D eigenvalue weighted by Gasteiger charge is -2.01. The SMILES string of the molecule is COCc1cccc(NN)n1. The van der Waals surface area contributed by atoms with Crippen molar-refractivity contribution in [3.63, 3.8) is 0 Å². The molecule has 60 valence electrons. The van der Waals surface area contributed by atoms with Gasteiger partial charge in [-0.3, -0.25) is 0 Å². The Balaban J connectivity index is 2.74. The van der Waals surface area contributed by atoms with E-state index < -0.39 is 0 Å². The first-order chi connectivity index (χ1) is 5.36. The molecule has 4 nitrogen and oxygen atoms in total. The van der Waals surface area contributed by atoms with Crippen molar-refractivity contribution in [1.29, 1.82) is 0 Å². The standard InChI is InChI=1S/C7H11N3O/c1-11-5-6-3-2-4-7(9-6)10-8/h2-4H,5,8H2,1H3,(H,9,10). The molecule has 0 bridgehead atoms. The van der Waals surface area contributed by atoms with E-state index in [4.69, 9.17) is 10.6 Å². The molecule has 3 N–H and O–H groups in total. The number of pyridine rings is 1. The number of aromatic nitrogens is 1. The summed E-state index contributed by atoms with van der Waals surface area (Å²) in [5.41, 5.74) is 3.32. The predicted octanol–water partition coefficient (Wildman–Crippen LogP) is 0.514. The van der Waals surface area contributed by atoms with Gasteiger partial charge in [0.05, 0.1) is 12.3 Å². The van der Waals surface area contributed by atoms with Gasteiger partial charge >= 0.3 is 0 Å². The van der Waals surface area contributed by atoms with Crippen LogP contribution in [0.15, 0.2) is 18.2 Å². The normalized spacial score (nSPS) is 9.64. The third-order valence-corrected chi connectivity index (χ3v) is 1.25. The largest absolute Gasteiger partial charge is 0.378 e. The number of nitrogen functional groups attached to an aromatic ring is 1. The van der Waals surface area contributed by atoms with E-state index in [1.54, 1.807) is 13.2 Å². The fraction of sp³-hybridized carbons (Fsp3) is 0.286. The summed E-state index contributed by atoms with van der Waals surface area (Å²) in [7, 11) is 1.63. The number of rotatable bonds is 3. The molecule has 0 unspecified atom stereocenters. The number of hydrogen-bond donors (Lipinski definition) is 2. The van der Waals surface area contributed by atoms with E-state index in [0.717, 1.165) is 5.69 Å². The van der Waals surface area contributed by atoms with Gasteiger partial charge in [-0.2, -0.15) is 0 Å². The number of ether oxygens (including phenoxy) is 1. The smallest absolute Gasteiger partial charge is 0.140 e. The van der Waals surface area contributed by atoms with Gasteiger partial charge in [0, 0.05) is 7.11 Å². The molecule has 4 heteroatoms. The summed E-state index contributed by atoms with van der Waals surface area (Å²) in [6.45, 7) is 0.509. The van der Waals surface area contributed by atoms with Crippen molar-refractivity contribution in [2.75, 3.05) is 12.5 Å². The maximum Gasteiger partial charge on any atom is 0.140 e. The Bertz CT molecular complexity index is 227. The highest BCUT2D eigenvalue weighted by Gasteiger charge is 1.93. The Morgan fingerprint density at radius 1 is 1.64 bits per heavy atom. The number of hydrazine groups is 1. The lowest BCUT2D eigenvalue weighted by molar-refractivity contribution is 0.181. The van der Waals surface area contributed by atoms with Crippen molar-refractivity contribution in [3.05, 3.63) is 23.9 Å². The van der Waals surface area contributed by atoms with E-state index in [1.165, 1.54) is 0 Å². The van der Waals surface area contributed by atoms with E-state index in [9.17, 15) is 0 Å². The van der Waals surface area contributed by atoms with Crippen molar-refractivity contribution < 1.29 is 4.74 Å².